The third kappa shape index (κ3) is 2.56. The van der Waals surface area contributed by atoms with Crippen molar-refractivity contribution >= 4 is 16.8 Å². The summed E-state index contributed by atoms with van der Waals surface area (Å²) in [6, 6.07) is 8.24. The van der Waals surface area contributed by atoms with Crippen LogP contribution in [0.1, 0.15) is 34.3 Å². The Morgan fingerprint density at radius 2 is 1.93 bits per heavy atom. The van der Waals surface area contributed by atoms with Crippen molar-refractivity contribution in [3.63, 3.8) is 0 Å². The first kappa shape index (κ1) is 19.0. The Morgan fingerprint density at radius 1 is 1.17 bits per heavy atom. The zero-order valence-corrected chi connectivity index (χ0v) is 17.9. The van der Waals surface area contributed by atoms with Gasteiger partial charge in [-0.15, -0.1) is 0 Å². The number of pyridine rings is 1. The molecule has 1 aliphatic heterocycles. The fraction of sp³-hybridized carbons (Fsp3) is 0.417. The van der Waals surface area contributed by atoms with Crippen molar-refractivity contribution in [2.45, 2.75) is 25.2 Å². The number of para-hydroxylation sites is 1. The molecule has 156 valence electrons. The highest BCUT2D eigenvalue weighted by atomic mass is 16.5. The Balaban J connectivity index is 1.46. The van der Waals surface area contributed by atoms with E-state index in [9.17, 15) is 9.59 Å². The highest BCUT2D eigenvalue weighted by molar-refractivity contribution is 6.07. The first-order valence-corrected chi connectivity index (χ1v) is 10.5. The van der Waals surface area contributed by atoms with Crippen molar-refractivity contribution in [1.82, 2.24) is 14.0 Å². The molecule has 6 heteroatoms. The Morgan fingerprint density at radius 3 is 2.67 bits per heavy atom. The van der Waals surface area contributed by atoms with Gasteiger partial charge in [0.2, 0.25) is 0 Å². The van der Waals surface area contributed by atoms with Crippen LogP contribution >= 0.6 is 0 Å². The van der Waals surface area contributed by atoms with Crippen molar-refractivity contribution in [2.24, 2.45) is 20.0 Å². The average Bonchev–Trinajstić information content (AvgIpc) is 3.38. The number of carbonyl (C=O) groups excluding carboxylic acids is 1. The summed E-state index contributed by atoms with van der Waals surface area (Å²) in [5, 5.41) is 0.530. The number of nitrogens with zero attached hydrogens (tertiary/aromatic N) is 3. The molecule has 0 bridgehead atoms. The highest BCUT2D eigenvalue weighted by Gasteiger charge is 2.59. The molecule has 3 heterocycles. The number of piperidine rings is 1. The second kappa shape index (κ2) is 6.49. The van der Waals surface area contributed by atoms with Gasteiger partial charge in [0.1, 0.15) is 5.75 Å². The maximum atomic E-state index is 13.5. The molecule has 3 aromatic rings. The summed E-state index contributed by atoms with van der Waals surface area (Å²) >= 11 is 0. The third-order valence-electron chi connectivity index (χ3n) is 7.14. The van der Waals surface area contributed by atoms with E-state index in [-0.39, 0.29) is 16.9 Å². The van der Waals surface area contributed by atoms with Gasteiger partial charge in [-0.25, -0.2) is 0 Å². The molecule has 2 aromatic heterocycles. The number of likely N-dealkylation sites (tertiary alicyclic amines) is 1. The normalized spacial score (nSPS) is 22.8. The van der Waals surface area contributed by atoms with Crippen molar-refractivity contribution in [3.05, 3.63) is 63.7 Å². The van der Waals surface area contributed by atoms with Crippen molar-refractivity contribution in [1.29, 1.82) is 0 Å². The van der Waals surface area contributed by atoms with Gasteiger partial charge < -0.3 is 18.8 Å². The molecular weight excluding hydrogens is 378 g/mol. The van der Waals surface area contributed by atoms with Gasteiger partial charge in [0.05, 0.1) is 23.6 Å². The Kier molecular flexibility index (Phi) is 4.10. The van der Waals surface area contributed by atoms with Gasteiger partial charge in [0, 0.05) is 50.6 Å². The molecule has 30 heavy (non-hydrogen) atoms. The fourth-order valence-corrected chi connectivity index (χ4v) is 5.56. The van der Waals surface area contributed by atoms with E-state index in [4.69, 9.17) is 4.74 Å². The Labute approximate surface area is 175 Å². The SMILES string of the molecule is COc1ccccc1C12CCN(C(=O)c3cn(C)c4c(C)cn(C)c(=O)c34)CC1C2. The zero-order valence-electron chi connectivity index (χ0n) is 17.9. The van der Waals surface area contributed by atoms with Crippen LogP contribution in [-0.2, 0) is 19.5 Å². The van der Waals surface area contributed by atoms with Crippen LogP contribution in [0.3, 0.4) is 0 Å². The number of carbonyl (C=O) groups is 1. The minimum atomic E-state index is -0.119. The van der Waals surface area contributed by atoms with E-state index >= 15 is 0 Å². The fourth-order valence-electron chi connectivity index (χ4n) is 5.56. The quantitative estimate of drug-likeness (QED) is 0.673. The summed E-state index contributed by atoms with van der Waals surface area (Å²) in [6.45, 7) is 3.39. The molecule has 2 fully saturated rings. The number of aryl methyl sites for hydroxylation is 3. The largest absolute Gasteiger partial charge is 0.496 e. The van der Waals surface area contributed by atoms with Crippen LogP contribution in [0.5, 0.6) is 5.75 Å². The number of amides is 1. The van der Waals surface area contributed by atoms with Gasteiger partial charge in [-0.05, 0) is 37.3 Å². The smallest absolute Gasteiger partial charge is 0.260 e. The second-order valence-electron chi connectivity index (χ2n) is 8.86. The highest BCUT2D eigenvalue weighted by Crippen LogP contribution is 2.61. The van der Waals surface area contributed by atoms with Crippen molar-refractivity contribution in [3.8, 4) is 5.75 Å². The minimum absolute atomic E-state index is 0.0381. The van der Waals surface area contributed by atoms with Gasteiger partial charge in [-0.2, -0.15) is 0 Å². The average molecular weight is 405 g/mol. The zero-order chi connectivity index (χ0) is 21.2. The van der Waals surface area contributed by atoms with E-state index in [1.165, 1.54) is 5.56 Å². The molecule has 2 unspecified atom stereocenters. The van der Waals surface area contributed by atoms with E-state index in [1.54, 1.807) is 18.7 Å². The van der Waals surface area contributed by atoms with E-state index < -0.39 is 0 Å². The maximum absolute atomic E-state index is 13.5. The summed E-state index contributed by atoms with van der Waals surface area (Å²) in [5.41, 5.74) is 3.61. The minimum Gasteiger partial charge on any atom is -0.496 e. The monoisotopic (exact) mass is 405 g/mol. The first-order chi connectivity index (χ1) is 14.4. The lowest BCUT2D eigenvalue weighted by Crippen LogP contribution is -2.40. The Hall–Kier alpha value is -3.02. The number of benzene rings is 1. The maximum Gasteiger partial charge on any atom is 0.260 e. The van der Waals surface area contributed by atoms with Crippen LogP contribution < -0.4 is 10.3 Å². The molecule has 0 radical (unpaired) electrons. The summed E-state index contributed by atoms with van der Waals surface area (Å²) in [5.74, 6) is 1.34. The molecule has 5 rings (SSSR count). The number of rotatable bonds is 3. The lowest BCUT2D eigenvalue weighted by atomic mass is 9.86. The van der Waals surface area contributed by atoms with Crippen LogP contribution in [0.4, 0.5) is 0 Å². The second-order valence-corrected chi connectivity index (χ2v) is 8.86. The van der Waals surface area contributed by atoms with Gasteiger partial charge in [-0.1, -0.05) is 18.2 Å². The van der Waals surface area contributed by atoms with E-state index in [0.29, 0.717) is 23.4 Å². The summed E-state index contributed by atoms with van der Waals surface area (Å²) in [4.78, 5) is 28.2. The van der Waals surface area contributed by atoms with Crippen LogP contribution in [0.2, 0.25) is 0 Å². The van der Waals surface area contributed by atoms with E-state index in [1.807, 2.05) is 48.0 Å². The molecule has 1 aliphatic carbocycles. The molecule has 2 aliphatic rings. The standard InChI is InChI=1S/C24H27N3O3/c1-15-12-26(3)23(29)20-17(14-25(2)21(15)20)22(28)27-10-9-24(11-16(24)13-27)18-7-5-6-8-19(18)30-4/h5-8,12,14,16H,9-11,13H2,1-4H3. The molecule has 0 N–H and O–H groups in total. The summed E-state index contributed by atoms with van der Waals surface area (Å²) in [7, 11) is 5.35. The summed E-state index contributed by atoms with van der Waals surface area (Å²) < 4.78 is 9.07. The lowest BCUT2D eigenvalue weighted by Gasteiger charge is -2.32. The number of fused-ring (bicyclic) bond motifs is 2. The number of methoxy groups -OCH3 is 1. The molecule has 1 saturated heterocycles. The van der Waals surface area contributed by atoms with Crippen LogP contribution in [0, 0.1) is 12.8 Å². The van der Waals surface area contributed by atoms with Crippen LogP contribution in [0.25, 0.3) is 10.9 Å². The van der Waals surface area contributed by atoms with Crippen LogP contribution in [0.15, 0.2) is 41.5 Å². The number of aromatic nitrogens is 2. The third-order valence-corrected chi connectivity index (χ3v) is 7.14. The van der Waals surface area contributed by atoms with Gasteiger partial charge in [0.15, 0.2) is 0 Å². The van der Waals surface area contributed by atoms with Gasteiger partial charge in [-0.3, -0.25) is 9.59 Å². The predicted octanol–water partition coefficient (Wildman–Crippen LogP) is 3.00. The van der Waals surface area contributed by atoms with Gasteiger partial charge in [0.25, 0.3) is 11.5 Å². The van der Waals surface area contributed by atoms with Crippen LogP contribution in [-0.4, -0.2) is 40.1 Å². The van der Waals surface area contributed by atoms with Crippen molar-refractivity contribution in [2.75, 3.05) is 20.2 Å². The first-order valence-electron chi connectivity index (χ1n) is 10.5. The molecule has 1 saturated carbocycles. The number of ether oxygens (including phenoxy) is 1. The lowest BCUT2D eigenvalue weighted by molar-refractivity contribution is 0.0708. The Bertz CT molecular complexity index is 1240. The number of hydrogen-bond acceptors (Lipinski definition) is 3. The predicted molar refractivity (Wildman–Crippen MR) is 116 cm³/mol. The molecule has 6 nitrogen and oxygen atoms in total. The molecule has 1 aromatic carbocycles. The van der Waals surface area contributed by atoms with E-state index in [2.05, 4.69) is 12.1 Å². The molecule has 2 atom stereocenters. The van der Waals surface area contributed by atoms with Crippen molar-refractivity contribution < 1.29 is 9.53 Å². The summed E-state index contributed by atoms with van der Waals surface area (Å²) in [6.07, 6.45) is 5.64. The number of hydrogen-bond donors (Lipinski definition) is 0. The van der Waals surface area contributed by atoms with E-state index in [0.717, 1.165) is 36.2 Å². The molecule has 1 amide bonds. The molecule has 0 spiro atoms. The molecular formula is C24H27N3O3. The topological polar surface area (TPSA) is 56.5 Å². The van der Waals surface area contributed by atoms with Gasteiger partial charge >= 0.3 is 0 Å².